The number of nitro benzene ring substituents is 1. The van der Waals surface area contributed by atoms with Crippen LogP contribution in [0.1, 0.15) is 0 Å². The molecule has 2 aromatic rings. The molecule has 0 spiro atoms. The van der Waals surface area contributed by atoms with E-state index in [9.17, 15) is 27.7 Å². The van der Waals surface area contributed by atoms with E-state index in [0.29, 0.717) is 0 Å². The van der Waals surface area contributed by atoms with Gasteiger partial charge in [-0.2, -0.15) is 17.6 Å². The number of anilines is 1. The third-order valence-corrected chi connectivity index (χ3v) is 2.51. The fourth-order valence-electron chi connectivity index (χ4n) is 1.53. The molecule has 0 heterocycles. The van der Waals surface area contributed by atoms with Gasteiger partial charge in [-0.05, 0) is 12.1 Å². The van der Waals surface area contributed by atoms with E-state index >= 15 is 0 Å². The first-order valence-corrected chi connectivity index (χ1v) is 5.37. The number of nitrogen functional groups attached to an aromatic ring is 1. The molecule has 0 aromatic heterocycles. The Labute approximate surface area is 114 Å². The lowest BCUT2D eigenvalue weighted by Gasteiger charge is -2.11. The van der Waals surface area contributed by atoms with Gasteiger partial charge in [0, 0.05) is 0 Å². The number of hydrogen-bond acceptors (Lipinski definition) is 4. The fourth-order valence-corrected chi connectivity index (χ4v) is 1.53. The Morgan fingerprint density at radius 2 is 1.52 bits per heavy atom. The predicted octanol–water partition coefficient (Wildman–Crippen LogP) is 3.53. The monoisotopic (exact) mass is 302 g/mol. The summed E-state index contributed by atoms with van der Waals surface area (Å²) in [6.45, 7) is 0. The van der Waals surface area contributed by atoms with Crippen LogP contribution >= 0.6 is 0 Å². The molecule has 0 atom stereocenters. The largest absolute Gasteiger partial charge is 0.449 e. The topological polar surface area (TPSA) is 78.4 Å². The second-order valence-electron chi connectivity index (χ2n) is 3.83. The summed E-state index contributed by atoms with van der Waals surface area (Å²) in [6, 6.07) is 5.42. The molecular weight excluding hydrogens is 296 g/mol. The van der Waals surface area contributed by atoms with Gasteiger partial charge in [-0.3, -0.25) is 10.1 Å². The Morgan fingerprint density at radius 3 is 2.00 bits per heavy atom. The van der Waals surface area contributed by atoms with Gasteiger partial charge in [-0.15, -0.1) is 0 Å². The highest BCUT2D eigenvalue weighted by Gasteiger charge is 2.34. The van der Waals surface area contributed by atoms with Gasteiger partial charge < -0.3 is 10.5 Å². The quantitative estimate of drug-likeness (QED) is 0.309. The molecule has 0 aliphatic carbocycles. The van der Waals surface area contributed by atoms with Gasteiger partial charge in [0.05, 0.1) is 10.6 Å². The molecule has 0 fully saturated rings. The van der Waals surface area contributed by atoms with Crippen molar-refractivity contribution in [1.29, 1.82) is 0 Å². The van der Waals surface area contributed by atoms with Crippen molar-refractivity contribution in [3.05, 3.63) is 57.6 Å². The van der Waals surface area contributed by atoms with E-state index in [1.807, 2.05) is 0 Å². The first kappa shape index (κ1) is 14.6. The summed E-state index contributed by atoms with van der Waals surface area (Å²) >= 11 is 0. The number of ether oxygens (including phenoxy) is 1. The summed E-state index contributed by atoms with van der Waals surface area (Å²) in [4.78, 5) is 8.83. The van der Waals surface area contributed by atoms with Gasteiger partial charge in [0.25, 0.3) is 0 Å². The molecule has 2 rings (SSSR count). The smallest absolute Gasteiger partial charge is 0.346 e. The highest BCUT2D eigenvalue weighted by atomic mass is 19.2. The van der Waals surface area contributed by atoms with Crippen LogP contribution in [0.3, 0.4) is 0 Å². The van der Waals surface area contributed by atoms with Crippen LogP contribution in [0.4, 0.5) is 28.9 Å². The van der Waals surface area contributed by atoms with Gasteiger partial charge in [-0.1, -0.05) is 12.1 Å². The van der Waals surface area contributed by atoms with Gasteiger partial charge in [-0.25, -0.2) is 0 Å². The lowest BCUT2D eigenvalue weighted by molar-refractivity contribution is -0.390. The van der Waals surface area contributed by atoms with Gasteiger partial charge in [0.2, 0.25) is 29.0 Å². The Hall–Kier alpha value is -2.84. The van der Waals surface area contributed by atoms with E-state index in [1.54, 1.807) is 0 Å². The summed E-state index contributed by atoms with van der Waals surface area (Å²) in [7, 11) is 0. The van der Waals surface area contributed by atoms with E-state index in [4.69, 9.17) is 5.73 Å². The first-order valence-electron chi connectivity index (χ1n) is 5.37. The number of halogens is 4. The zero-order valence-electron chi connectivity index (χ0n) is 10.1. The fraction of sp³-hybridized carbons (Fsp3) is 0. The van der Waals surface area contributed by atoms with Crippen molar-refractivity contribution in [2.45, 2.75) is 0 Å². The van der Waals surface area contributed by atoms with Crippen LogP contribution in [0, 0.1) is 33.4 Å². The number of nitro groups is 1. The summed E-state index contributed by atoms with van der Waals surface area (Å²) in [6.07, 6.45) is 0. The standard InChI is InChI=1S/C12H6F4N2O3/c13-7-9(15)12(10(16)8(14)11(7)18(19)20)21-6-4-2-1-3-5(6)17/h1-4H,17H2. The highest BCUT2D eigenvalue weighted by molar-refractivity contribution is 5.54. The van der Waals surface area contributed by atoms with Gasteiger partial charge in [0.15, 0.2) is 5.75 Å². The summed E-state index contributed by atoms with van der Waals surface area (Å²) in [5.41, 5.74) is 3.48. The Morgan fingerprint density at radius 1 is 1.00 bits per heavy atom. The first-order chi connectivity index (χ1) is 9.84. The number of rotatable bonds is 3. The number of para-hydroxylation sites is 2. The Bertz CT molecular complexity index is 708. The van der Waals surface area contributed by atoms with Crippen molar-refractivity contribution in [2.75, 3.05) is 5.73 Å². The highest BCUT2D eigenvalue weighted by Crippen LogP contribution is 2.37. The summed E-state index contributed by atoms with van der Waals surface area (Å²) in [5.74, 6) is -10.1. The van der Waals surface area contributed by atoms with Gasteiger partial charge >= 0.3 is 5.69 Å². The maximum Gasteiger partial charge on any atom is 0.346 e. The Kier molecular flexibility index (Phi) is 3.66. The number of nitrogens with zero attached hydrogens (tertiary/aromatic N) is 1. The minimum atomic E-state index is -2.16. The second-order valence-corrected chi connectivity index (χ2v) is 3.83. The van der Waals surface area contributed by atoms with E-state index in [2.05, 4.69) is 4.74 Å². The van der Waals surface area contributed by atoms with Crippen LogP contribution in [-0.2, 0) is 0 Å². The minimum Gasteiger partial charge on any atom is -0.449 e. The predicted molar refractivity (Wildman–Crippen MR) is 63.9 cm³/mol. The van der Waals surface area contributed by atoms with E-state index < -0.39 is 39.6 Å². The lowest BCUT2D eigenvalue weighted by atomic mass is 10.2. The van der Waals surface area contributed by atoms with Crippen LogP contribution in [-0.4, -0.2) is 4.92 Å². The van der Waals surface area contributed by atoms with Crippen molar-refractivity contribution in [1.82, 2.24) is 0 Å². The zero-order chi connectivity index (χ0) is 15.7. The molecule has 0 radical (unpaired) electrons. The number of nitrogens with two attached hydrogens (primary N) is 1. The van der Waals surface area contributed by atoms with Crippen molar-refractivity contribution in [3.8, 4) is 11.5 Å². The molecule has 9 heteroatoms. The minimum absolute atomic E-state index is 0.0459. The molecule has 2 aromatic carbocycles. The van der Waals surface area contributed by atoms with Crippen molar-refractivity contribution >= 4 is 11.4 Å². The third kappa shape index (κ3) is 2.45. The summed E-state index contributed by atoms with van der Waals surface area (Å²) in [5, 5.41) is 10.4. The zero-order valence-corrected chi connectivity index (χ0v) is 10.1. The third-order valence-electron chi connectivity index (χ3n) is 2.51. The molecule has 21 heavy (non-hydrogen) atoms. The molecule has 2 N–H and O–H groups in total. The maximum absolute atomic E-state index is 13.6. The van der Waals surface area contributed by atoms with Crippen LogP contribution in [0.25, 0.3) is 0 Å². The molecule has 0 saturated carbocycles. The molecular formula is C12H6F4N2O3. The second kappa shape index (κ2) is 5.27. The van der Waals surface area contributed by atoms with Gasteiger partial charge in [0.1, 0.15) is 0 Å². The van der Waals surface area contributed by atoms with Crippen LogP contribution in [0.5, 0.6) is 11.5 Å². The number of benzene rings is 2. The molecule has 110 valence electrons. The molecule has 5 nitrogen and oxygen atoms in total. The van der Waals surface area contributed by atoms with Crippen molar-refractivity contribution in [3.63, 3.8) is 0 Å². The van der Waals surface area contributed by atoms with E-state index in [-0.39, 0.29) is 11.4 Å². The maximum atomic E-state index is 13.6. The lowest BCUT2D eigenvalue weighted by Crippen LogP contribution is -2.06. The molecule has 0 amide bonds. The molecule has 0 saturated heterocycles. The SMILES string of the molecule is Nc1ccccc1Oc1c(F)c(F)c([N+](=O)[O-])c(F)c1F. The molecule has 0 bridgehead atoms. The average molecular weight is 302 g/mol. The van der Waals surface area contributed by atoms with Crippen molar-refractivity contribution < 1.29 is 27.2 Å². The van der Waals surface area contributed by atoms with Crippen LogP contribution < -0.4 is 10.5 Å². The average Bonchev–Trinajstić information content (AvgIpc) is 2.43. The summed E-state index contributed by atoms with van der Waals surface area (Å²) < 4.78 is 58.8. The van der Waals surface area contributed by atoms with Crippen LogP contribution in [0.2, 0.25) is 0 Å². The van der Waals surface area contributed by atoms with E-state index in [0.717, 1.165) is 0 Å². The number of hydrogen-bond donors (Lipinski definition) is 1. The normalized spacial score (nSPS) is 10.5. The molecule has 0 aliphatic rings. The van der Waals surface area contributed by atoms with Crippen LogP contribution in [0.15, 0.2) is 24.3 Å². The van der Waals surface area contributed by atoms with Crippen molar-refractivity contribution in [2.24, 2.45) is 0 Å². The molecule has 0 unspecified atom stereocenters. The van der Waals surface area contributed by atoms with E-state index in [1.165, 1.54) is 24.3 Å². The Balaban J connectivity index is 2.61. The molecule has 0 aliphatic heterocycles.